The lowest BCUT2D eigenvalue weighted by Crippen LogP contribution is -2.52. The fourth-order valence-corrected chi connectivity index (χ4v) is 2.40. The Bertz CT molecular complexity index is 133. The van der Waals surface area contributed by atoms with Crippen molar-refractivity contribution in [2.45, 2.75) is 65.6 Å². The Labute approximate surface area is 82.9 Å². The van der Waals surface area contributed by atoms with Crippen molar-refractivity contribution in [3.8, 4) is 0 Å². The zero-order valence-electron chi connectivity index (χ0n) is 9.96. The highest BCUT2D eigenvalue weighted by Gasteiger charge is 2.29. The molecular formula is C11H25NO. The third-order valence-corrected chi connectivity index (χ3v) is 2.54. The lowest BCUT2D eigenvalue weighted by molar-refractivity contribution is 0.0325. The molecule has 0 saturated heterocycles. The second-order valence-electron chi connectivity index (χ2n) is 4.88. The van der Waals surface area contributed by atoms with Gasteiger partial charge in [0, 0.05) is 24.2 Å². The molecule has 0 bridgehead atoms. The van der Waals surface area contributed by atoms with Crippen molar-refractivity contribution >= 4 is 0 Å². The zero-order chi connectivity index (χ0) is 10.6. The topological polar surface area (TPSA) is 23.5 Å². The maximum Gasteiger partial charge on any atom is 0.0448 e. The first-order chi connectivity index (χ1) is 5.83. The van der Waals surface area contributed by atoms with Crippen LogP contribution in [0.3, 0.4) is 0 Å². The van der Waals surface area contributed by atoms with Gasteiger partial charge in [0.25, 0.3) is 0 Å². The van der Waals surface area contributed by atoms with Gasteiger partial charge in [-0.25, -0.2) is 0 Å². The van der Waals surface area contributed by atoms with Crippen LogP contribution in [0.15, 0.2) is 0 Å². The SMILES string of the molecule is CC(C)N(C(C)C)C(C)(C)CCO. The molecule has 2 nitrogen and oxygen atoms in total. The third-order valence-electron chi connectivity index (χ3n) is 2.54. The summed E-state index contributed by atoms with van der Waals surface area (Å²) >= 11 is 0. The first kappa shape index (κ1) is 12.9. The molecule has 0 radical (unpaired) electrons. The summed E-state index contributed by atoms with van der Waals surface area (Å²) in [4.78, 5) is 2.45. The van der Waals surface area contributed by atoms with E-state index in [9.17, 15) is 0 Å². The van der Waals surface area contributed by atoms with Gasteiger partial charge in [-0.3, -0.25) is 4.90 Å². The van der Waals surface area contributed by atoms with Crippen LogP contribution in [0.1, 0.15) is 48.0 Å². The molecule has 0 aliphatic rings. The summed E-state index contributed by atoms with van der Waals surface area (Å²) in [6.07, 6.45) is 0.837. The van der Waals surface area contributed by atoms with Crippen molar-refractivity contribution in [3.63, 3.8) is 0 Å². The second-order valence-corrected chi connectivity index (χ2v) is 4.88. The minimum Gasteiger partial charge on any atom is -0.396 e. The third kappa shape index (κ3) is 3.65. The molecular weight excluding hydrogens is 162 g/mol. The van der Waals surface area contributed by atoms with Gasteiger partial charge in [-0.05, 0) is 48.0 Å². The average molecular weight is 187 g/mol. The van der Waals surface area contributed by atoms with E-state index in [0.717, 1.165) is 6.42 Å². The standard InChI is InChI=1S/C11H25NO/c1-9(2)12(10(3)4)11(5,6)7-8-13/h9-10,13H,7-8H2,1-6H3. The fraction of sp³-hybridized carbons (Fsp3) is 1.00. The van der Waals surface area contributed by atoms with Crippen LogP contribution in [0, 0.1) is 0 Å². The highest BCUT2D eigenvalue weighted by molar-refractivity contribution is 4.85. The summed E-state index contributed by atoms with van der Waals surface area (Å²) in [5.74, 6) is 0. The first-order valence-corrected chi connectivity index (χ1v) is 5.22. The Kier molecular flexibility index (Phi) is 4.93. The molecule has 0 spiro atoms. The Morgan fingerprint density at radius 3 is 1.69 bits per heavy atom. The maximum atomic E-state index is 8.99. The van der Waals surface area contributed by atoms with Crippen molar-refractivity contribution < 1.29 is 5.11 Å². The largest absolute Gasteiger partial charge is 0.396 e. The highest BCUT2D eigenvalue weighted by Crippen LogP contribution is 2.23. The maximum absolute atomic E-state index is 8.99. The van der Waals surface area contributed by atoms with Crippen molar-refractivity contribution in [3.05, 3.63) is 0 Å². The minimum atomic E-state index is 0.0943. The summed E-state index contributed by atoms with van der Waals surface area (Å²) in [5.41, 5.74) is 0.0943. The van der Waals surface area contributed by atoms with E-state index in [1.807, 2.05) is 0 Å². The molecule has 0 aromatic rings. The molecule has 1 N–H and O–H groups in total. The van der Waals surface area contributed by atoms with Gasteiger partial charge in [0.05, 0.1) is 0 Å². The lowest BCUT2D eigenvalue weighted by Gasteiger charge is -2.44. The average Bonchev–Trinajstić information content (AvgIpc) is 1.82. The number of nitrogens with zero attached hydrogens (tertiary/aromatic N) is 1. The van der Waals surface area contributed by atoms with Crippen LogP contribution >= 0.6 is 0 Å². The van der Waals surface area contributed by atoms with Crippen LogP contribution in [0.25, 0.3) is 0 Å². The molecule has 0 aliphatic heterocycles. The summed E-state index contributed by atoms with van der Waals surface area (Å²) in [5, 5.41) is 8.99. The zero-order valence-corrected chi connectivity index (χ0v) is 9.96. The van der Waals surface area contributed by atoms with Crippen molar-refractivity contribution in [2.75, 3.05) is 6.61 Å². The molecule has 0 aromatic heterocycles. The van der Waals surface area contributed by atoms with E-state index in [1.165, 1.54) is 0 Å². The van der Waals surface area contributed by atoms with Crippen LogP contribution in [-0.4, -0.2) is 34.2 Å². The number of hydrogen-bond donors (Lipinski definition) is 1. The molecule has 0 rings (SSSR count). The molecule has 0 fully saturated rings. The van der Waals surface area contributed by atoms with E-state index in [4.69, 9.17) is 5.11 Å². The number of rotatable bonds is 5. The smallest absolute Gasteiger partial charge is 0.0448 e. The molecule has 0 heterocycles. The molecule has 0 amide bonds. The van der Waals surface area contributed by atoms with Crippen molar-refractivity contribution in [2.24, 2.45) is 0 Å². The highest BCUT2D eigenvalue weighted by atomic mass is 16.3. The van der Waals surface area contributed by atoms with Gasteiger partial charge in [-0.1, -0.05) is 0 Å². The molecule has 0 unspecified atom stereocenters. The van der Waals surface area contributed by atoms with Gasteiger partial charge in [-0.15, -0.1) is 0 Å². The van der Waals surface area contributed by atoms with Crippen molar-refractivity contribution in [1.82, 2.24) is 4.90 Å². The quantitative estimate of drug-likeness (QED) is 0.713. The van der Waals surface area contributed by atoms with Crippen LogP contribution in [0.4, 0.5) is 0 Å². The first-order valence-electron chi connectivity index (χ1n) is 5.22. The summed E-state index contributed by atoms with van der Waals surface area (Å²) in [7, 11) is 0. The summed E-state index contributed by atoms with van der Waals surface area (Å²) < 4.78 is 0. The monoisotopic (exact) mass is 187 g/mol. The van der Waals surface area contributed by atoms with Crippen LogP contribution < -0.4 is 0 Å². The molecule has 13 heavy (non-hydrogen) atoms. The van der Waals surface area contributed by atoms with Crippen molar-refractivity contribution in [1.29, 1.82) is 0 Å². The van der Waals surface area contributed by atoms with Crippen LogP contribution in [0.2, 0.25) is 0 Å². The number of aliphatic hydroxyl groups excluding tert-OH is 1. The molecule has 0 aliphatic carbocycles. The Balaban J connectivity index is 4.52. The van der Waals surface area contributed by atoms with E-state index in [2.05, 4.69) is 46.4 Å². The van der Waals surface area contributed by atoms with E-state index in [1.54, 1.807) is 0 Å². The predicted octanol–water partition coefficient (Wildman–Crippen LogP) is 2.27. The Hall–Kier alpha value is -0.0800. The van der Waals surface area contributed by atoms with Crippen LogP contribution in [0.5, 0.6) is 0 Å². The summed E-state index contributed by atoms with van der Waals surface area (Å²) in [6, 6.07) is 1.06. The number of hydrogen-bond acceptors (Lipinski definition) is 2. The van der Waals surface area contributed by atoms with E-state index >= 15 is 0 Å². The number of aliphatic hydroxyl groups is 1. The second kappa shape index (κ2) is 4.97. The molecule has 2 heteroatoms. The van der Waals surface area contributed by atoms with Crippen LogP contribution in [-0.2, 0) is 0 Å². The van der Waals surface area contributed by atoms with E-state index in [-0.39, 0.29) is 12.1 Å². The fourth-order valence-electron chi connectivity index (χ4n) is 2.40. The minimum absolute atomic E-state index is 0.0943. The van der Waals surface area contributed by atoms with Gasteiger partial charge >= 0.3 is 0 Å². The van der Waals surface area contributed by atoms with E-state index in [0.29, 0.717) is 12.1 Å². The molecule has 0 saturated carbocycles. The molecule has 0 aromatic carbocycles. The molecule has 80 valence electrons. The summed E-state index contributed by atoms with van der Waals surface area (Å²) in [6.45, 7) is 13.5. The molecule has 0 atom stereocenters. The van der Waals surface area contributed by atoms with Gasteiger partial charge in [0.15, 0.2) is 0 Å². The van der Waals surface area contributed by atoms with E-state index < -0.39 is 0 Å². The van der Waals surface area contributed by atoms with Gasteiger partial charge < -0.3 is 5.11 Å². The normalized spacial score (nSPS) is 13.4. The Morgan fingerprint density at radius 1 is 1.08 bits per heavy atom. The Morgan fingerprint density at radius 2 is 1.46 bits per heavy atom. The van der Waals surface area contributed by atoms with Gasteiger partial charge in [-0.2, -0.15) is 0 Å². The van der Waals surface area contributed by atoms with Gasteiger partial charge in [0.2, 0.25) is 0 Å². The predicted molar refractivity (Wildman–Crippen MR) is 57.9 cm³/mol. The van der Waals surface area contributed by atoms with Gasteiger partial charge in [0.1, 0.15) is 0 Å². The lowest BCUT2D eigenvalue weighted by atomic mass is 9.95.